The van der Waals surface area contributed by atoms with Crippen molar-refractivity contribution in [3.8, 4) is 0 Å². The molecule has 0 unspecified atom stereocenters. The molecule has 1 aliphatic heterocycles. The molecule has 1 saturated heterocycles. The Bertz CT molecular complexity index is 783. The predicted molar refractivity (Wildman–Crippen MR) is 116 cm³/mol. The summed E-state index contributed by atoms with van der Waals surface area (Å²) in [6.07, 6.45) is 4.38. The second-order valence-electron chi connectivity index (χ2n) is 6.92. The van der Waals surface area contributed by atoms with Crippen molar-refractivity contribution in [2.75, 3.05) is 44.6 Å². The molecule has 0 bridgehead atoms. The fourth-order valence-electron chi connectivity index (χ4n) is 3.15. The minimum Gasteiger partial charge on any atom is -0.324 e. The maximum Gasteiger partial charge on any atom is 0.238 e. The molecule has 1 heterocycles. The summed E-state index contributed by atoms with van der Waals surface area (Å²) in [6, 6.07) is 16.3. The maximum absolute atomic E-state index is 12.3. The Morgan fingerprint density at radius 1 is 1.07 bits per heavy atom. The van der Waals surface area contributed by atoms with E-state index in [1.807, 2.05) is 31.2 Å². The van der Waals surface area contributed by atoms with Gasteiger partial charge >= 0.3 is 0 Å². The molecular weight excluding hydrogens is 402 g/mol. The number of benzene rings is 2. The molecule has 3 rings (SSSR count). The molecule has 0 aromatic heterocycles. The lowest BCUT2D eigenvalue weighted by atomic mass is 10.2. The number of amides is 1. The minimum absolute atomic E-state index is 0.0389. The van der Waals surface area contributed by atoms with Gasteiger partial charge in [-0.1, -0.05) is 48.6 Å². The van der Waals surface area contributed by atoms with Crippen LogP contribution in [-0.4, -0.2) is 55.0 Å². The van der Waals surface area contributed by atoms with Gasteiger partial charge < -0.3 is 5.32 Å². The third-order valence-corrected chi connectivity index (χ3v) is 5.36. The molecule has 0 atom stereocenters. The lowest BCUT2D eigenvalue weighted by Crippen LogP contribution is -2.48. The molecule has 1 amide bonds. The zero-order chi connectivity index (χ0) is 19.1. The van der Waals surface area contributed by atoms with Crippen LogP contribution in [0.15, 0.2) is 59.1 Å². The minimum atomic E-state index is 0.0389. The quantitative estimate of drug-likeness (QED) is 0.755. The van der Waals surface area contributed by atoms with E-state index in [4.69, 9.17) is 0 Å². The molecule has 0 saturated carbocycles. The molecule has 1 aliphatic rings. The summed E-state index contributed by atoms with van der Waals surface area (Å²) in [5.74, 6) is 0.0389. The van der Waals surface area contributed by atoms with Crippen molar-refractivity contribution in [3.05, 3.63) is 70.2 Å². The molecule has 2 aromatic rings. The van der Waals surface area contributed by atoms with Crippen molar-refractivity contribution in [1.82, 2.24) is 9.80 Å². The van der Waals surface area contributed by atoms with Crippen molar-refractivity contribution < 1.29 is 4.79 Å². The zero-order valence-electron chi connectivity index (χ0n) is 15.7. The average Bonchev–Trinajstić information content (AvgIpc) is 2.66. The first-order valence-corrected chi connectivity index (χ1v) is 10.1. The van der Waals surface area contributed by atoms with Crippen LogP contribution in [0.1, 0.15) is 11.1 Å². The average molecular weight is 428 g/mol. The van der Waals surface area contributed by atoms with E-state index >= 15 is 0 Å². The fraction of sp³-hybridized carbons (Fsp3) is 0.318. The third-order valence-electron chi connectivity index (χ3n) is 4.70. The predicted octanol–water partition coefficient (Wildman–Crippen LogP) is 4.03. The topological polar surface area (TPSA) is 35.6 Å². The van der Waals surface area contributed by atoms with Gasteiger partial charge in [-0.3, -0.25) is 14.6 Å². The van der Waals surface area contributed by atoms with Crippen molar-refractivity contribution >= 4 is 33.6 Å². The molecule has 2 aromatic carbocycles. The highest BCUT2D eigenvalue weighted by Crippen LogP contribution is 2.23. The van der Waals surface area contributed by atoms with Crippen LogP contribution in [0.3, 0.4) is 0 Å². The smallest absolute Gasteiger partial charge is 0.238 e. The molecule has 142 valence electrons. The molecular formula is C22H26BrN3O. The second kappa shape index (κ2) is 9.83. The number of nitrogens with one attached hydrogen (secondary N) is 1. The molecule has 0 spiro atoms. The van der Waals surface area contributed by atoms with E-state index < -0.39 is 0 Å². The van der Waals surface area contributed by atoms with Gasteiger partial charge in [0.1, 0.15) is 0 Å². The van der Waals surface area contributed by atoms with Crippen LogP contribution in [-0.2, 0) is 4.79 Å². The molecule has 1 fully saturated rings. The molecule has 0 radical (unpaired) electrons. The number of nitrogens with zero attached hydrogens (tertiary/aromatic N) is 2. The van der Waals surface area contributed by atoms with E-state index in [9.17, 15) is 4.79 Å². The van der Waals surface area contributed by atoms with Crippen LogP contribution >= 0.6 is 15.9 Å². The van der Waals surface area contributed by atoms with Gasteiger partial charge in [-0.25, -0.2) is 0 Å². The number of halogens is 1. The highest BCUT2D eigenvalue weighted by atomic mass is 79.9. The Labute approximate surface area is 170 Å². The number of anilines is 1. The third kappa shape index (κ3) is 6.31. The molecule has 27 heavy (non-hydrogen) atoms. The largest absolute Gasteiger partial charge is 0.324 e. The summed E-state index contributed by atoms with van der Waals surface area (Å²) in [5.41, 5.74) is 3.22. The first-order valence-electron chi connectivity index (χ1n) is 9.32. The Balaban J connectivity index is 1.40. The first kappa shape index (κ1) is 19.8. The number of hydrogen-bond acceptors (Lipinski definition) is 3. The van der Waals surface area contributed by atoms with Crippen molar-refractivity contribution in [1.29, 1.82) is 0 Å². The summed E-state index contributed by atoms with van der Waals surface area (Å²) in [7, 11) is 0. The highest BCUT2D eigenvalue weighted by molar-refractivity contribution is 9.10. The van der Waals surface area contributed by atoms with Crippen LogP contribution in [0.4, 0.5) is 5.69 Å². The lowest BCUT2D eigenvalue weighted by Gasteiger charge is -2.33. The van der Waals surface area contributed by atoms with E-state index in [-0.39, 0.29) is 5.91 Å². The van der Waals surface area contributed by atoms with Crippen LogP contribution in [0.25, 0.3) is 6.08 Å². The molecule has 0 aliphatic carbocycles. The van der Waals surface area contributed by atoms with E-state index in [0.717, 1.165) is 48.4 Å². The van der Waals surface area contributed by atoms with Gasteiger partial charge in [0.05, 0.1) is 12.2 Å². The monoisotopic (exact) mass is 427 g/mol. The van der Waals surface area contributed by atoms with Crippen LogP contribution in [0.5, 0.6) is 0 Å². The number of aryl methyl sites for hydroxylation is 1. The Hall–Kier alpha value is -1.95. The van der Waals surface area contributed by atoms with Crippen molar-refractivity contribution in [2.45, 2.75) is 6.92 Å². The lowest BCUT2D eigenvalue weighted by molar-refractivity contribution is -0.117. The maximum atomic E-state index is 12.3. The number of carbonyl (C=O) groups is 1. The van der Waals surface area contributed by atoms with Gasteiger partial charge in [-0.15, -0.1) is 0 Å². The number of rotatable bonds is 6. The van der Waals surface area contributed by atoms with Gasteiger partial charge in [0.25, 0.3) is 0 Å². The first-order chi connectivity index (χ1) is 13.1. The normalized spacial score (nSPS) is 15.9. The van der Waals surface area contributed by atoms with E-state index in [1.165, 1.54) is 5.56 Å². The number of piperazine rings is 1. The summed E-state index contributed by atoms with van der Waals surface area (Å²) < 4.78 is 0.922. The van der Waals surface area contributed by atoms with E-state index in [1.54, 1.807) is 0 Å². The SMILES string of the molecule is Cc1ccc(NC(=O)CN2CCN(C/C=C/c3ccccc3)CC2)c(Br)c1. The van der Waals surface area contributed by atoms with Gasteiger partial charge in [-0.2, -0.15) is 0 Å². The van der Waals surface area contributed by atoms with Crippen LogP contribution in [0, 0.1) is 6.92 Å². The fourth-order valence-corrected chi connectivity index (χ4v) is 3.74. The highest BCUT2D eigenvalue weighted by Gasteiger charge is 2.18. The van der Waals surface area contributed by atoms with Crippen molar-refractivity contribution in [2.24, 2.45) is 0 Å². The van der Waals surface area contributed by atoms with Gasteiger partial charge in [0.15, 0.2) is 0 Å². The zero-order valence-corrected chi connectivity index (χ0v) is 17.3. The molecule has 5 heteroatoms. The summed E-state index contributed by atoms with van der Waals surface area (Å²) >= 11 is 3.51. The Morgan fingerprint density at radius 3 is 2.48 bits per heavy atom. The number of carbonyl (C=O) groups excluding carboxylic acids is 1. The van der Waals surface area contributed by atoms with Crippen LogP contribution < -0.4 is 5.32 Å². The summed E-state index contributed by atoms with van der Waals surface area (Å²) in [6.45, 7) is 7.23. The second-order valence-corrected chi connectivity index (χ2v) is 7.78. The van der Waals surface area contributed by atoms with Gasteiger partial charge in [0.2, 0.25) is 5.91 Å². The van der Waals surface area contributed by atoms with E-state index in [0.29, 0.717) is 6.54 Å². The Morgan fingerprint density at radius 2 is 1.78 bits per heavy atom. The Kier molecular flexibility index (Phi) is 7.21. The molecule has 4 nitrogen and oxygen atoms in total. The van der Waals surface area contributed by atoms with Gasteiger partial charge in [0, 0.05) is 37.2 Å². The number of hydrogen-bond donors (Lipinski definition) is 1. The molecule has 1 N–H and O–H groups in total. The standard InChI is InChI=1S/C22H26BrN3O/c1-18-9-10-21(20(23)16-18)24-22(27)17-26-14-12-25(13-15-26)11-5-8-19-6-3-2-4-7-19/h2-10,16H,11-15,17H2,1H3,(H,24,27)/b8-5+. The van der Waals surface area contributed by atoms with Crippen molar-refractivity contribution in [3.63, 3.8) is 0 Å². The van der Waals surface area contributed by atoms with Crippen LogP contribution in [0.2, 0.25) is 0 Å². The van der Waals surface area contributed by atoms with E-state index in [2.05, 4.69) is 67.5 Å². The summed E-state index contributed by atoms with van der Waals surface area (Å²) in [4.78, 5) is 17.0. The van der Waals surface area contributed by atoms with Gasteiger partial charge in [-0.05, 0) is 46.1 Å². The summed E-state index contributed by atoms with van der Waals surface area (Å²) in [5, 5.41) is 3.00.